The molecule has 2 aromatic carbocycles. The molecule has 0 aromatic heterocycles. The summed E-state index contributed by atoms with van der Waals surface area (Å²) in [5, 5.41) is 5.60. The number of rotatable bonds is 7. The maximum atomic E-state index is 12.2. The van der Waals surface area contributed by atoms with Crippen molar-refractivity contribution in [3.63, 3.8) is 0 Å². The molecule has 0 spiro atoms. The van der Waals surface area contributed by atoms with Gasteiger partial charge in [0.25, 0.3) is 0 Å². The lowest BCUT2D eigenvalue weighted by molar-refractivity contribution is -0.141. The molecule has 0 aliphatic rings. The molecule has 0 fully saturated rings. The lowest BCUT2D eigenvalue weighted by Crippen LogP contribution is -2.38. The zero-order valence-electron chi connectivity index (χ0n) is 14.3. The summed E-state index contributed by atoms with van der Waals surface area (Å²) in [6.45, 7) is 0.350. The average molecular weight is 342 g/mol. The van der Waals surface area contributed by atoms with E-state index in [9.17, 15) is 9.59 Å². The van der Waals surface area contributed by atoms with E-state index in [4.69, 9.17) is 9.47 Å². The lowest BCUT2D eigenvalue weighted by Gasteiger charge is -2.18. The molecule has 0 bridgehead atoms. The SMILES string of the molecule is COC(=O)CC(NC(=O)NCc1cccc(OC)c1)c1ccccc1. The highest BCUT2D eigenvalue weighted by Crippen LogP contribution is 2.17. The Balaban J connectivity index is 1.97. The predicted molar refractivity (Wildman–Crippen MR) is 94.2 cm³/mol. The van der Waals surface area contributed by atoms with Crippen molar-refractivity contribution < 1.29 is 19.1 Å². The van der Waals surface area contributed by atoms with Crippen molar-refractivity contribution in [1.82, 2.24) is 10.6 Å². The molecule has 25 heavy (non-hydrogen) atoms. The molecule has 132 valence electrons. The van der Waals surface area contributed by atoms with Gasteiger partial charge in [-0.1, -0.05) is 42.5 Å². The van der Waals surface area contributed by atoms with Crippen molar-refractivity contribution in [2.75, 3.05) is 14.2 Å². The minimum Gasteiger partial charge on any atom is -0.497 e. The normalized spacial score (nSPS) is 11.3. The van der Waals surface area contributed by atoms with Gasteiger partial charge in [-0.3, -0.25) is 4.79 Å². The van der Waals surface area contributed by atoms with Gasteiger partial charge in [0.05, 0.1) is 26.7 Å². The fourth-order valence-electron chi connectivity index (χ4n) is 2.36. The largest absolute Gasteiger partial charge is 0.497 e. The van der Waals surface area contributed by atoms with Crippen LogP contribution in [0.15, 0.2) is 54.6 Å². The van der Waals surface area contributed by atoms with Crippen molar-refractivity contribution in [3.05, 3.63) is 65.7 Å². The summed E-state index contributed by atoms with van der Waals surface area (Å²) < 4.78 is 9.87. The van der Waals surface area contributed by atoms with E-state index >= 15 is 0 Å². The fourth-order valence-corrected chi connectivity index (χ4v) is 2.36. The maximum absolute atomic E-state index is 12.2. The monoisotopic (exact) mass is 342 g/mol. The Morgan fingerprint density at radius 1 is 1.04 bits per heavy atom. The number of hydrogen-bond acceptors (Lipinski definition) is 4. The topological polar surface area (TPSA) is 76.7 Å². The van der Waals surface area contributed by atoms with Gasteiger partial charge in [0.2, 0.25) is 0 Å². The molecule has 1 atom stereocenters. The average Bonchev–Trinajstić information content (AvgIpc) is 2.66. The van der Waals surface area contributed by atoms with Crippen LogP contribution in [0.5, 0.6) is 5.75 Å². The minimum absolute atomic E-state index is 0.0626. The molecule has 0 aliphatic carbocycles. The summed E-state index contributed by atoms with van der Waals surface area (Å²) in [6, 6.07) is 15.9. The fraction of sp³-hybridized carbons (Fsp3) is 0.263. The standard InChI is InChI=1S/C19H22N2O4/c1-24-16-10-6-7-14(11-16)13-20-19(23)21-17(12-18(22)25-2)15-8-4-3-5-9-15/h3-11,17H,12-13H2,1-2H3,(H2,20,21,23). The Kier molecular flexibility index (Phi) is 6.83. The Morgan fingerprint density at radius 3 is 2.48 bits per heavy atom. The van der Waals surface area contributed by atoms with Crippen LogP contribution in [-0.2, 0) is 16.1 Å². The number of amides is 2. The summed E-state index contributed by atoms with van der Waals surface area (Å²) in [5.74, 6) is 0.342. The number of carbonyl (C=O) groups is 2. The van der Waals surface area contributed by atoms with Crippen molar-refractivity contribution in [2.45, 2.75) is 19.0 Å². The van der Waals surface area contributed by atoms with Gasteiger partial charge in [0.1, 0.15) is 5.75 Å². The Morgan fingerprint density at radius 2 is 1.80 bits per heavy atom. The number of benzene rings is 2. The highest BCUT2D eigenvalue weighted by molar-refractivity contribution is 5.76. The molecule has 2 rings (SSSR count). The third-order valence-corrected chi connectivity index (χ3v) is 3.69. The first-order valence-corrected chi connectivity index (χ1v) is 7.91. The van der Waals surface area contributed by atoms with Crippen molar-refractivity contribution >= 4 is 12.0 Å². The molecule has 2 amide bonds. The number of carbonyl (C=O) groups excluding carboxylic acids is 2. The number of urea groups is 1. The summed E-state index contributed by atoms with van der Waals surface area (Å²) in [5.41, 5.74) is 1.75. The van der Waals surface area contributed by atoms with E-state index in [1.807, 2.05) is 54.6 Å². The lowest BCUT2D eigenvalue weighted by atomic mass is 10.0. The van der Waals surface area contributed by atoms with Gasteiger partial charge < -0.3 is 20.1 Å². The third kappa shape index (κ3) is 5.84. The molecule has 1 unspecified atom stereocenters. The Bertz CT molecular complexity index is 704. The first-order valence-electron chi connectivity index (χ1n) is 7.91. The first-order chi connectivity index (χ1) is 12.1. The highest BCUT2D eigenvalue weighted by Gasteiger charge is 2.18. The second-order valence-corrected chi connectivity index (χ2v) is 5.42. The van der Waals surface area contributed by atoms with E-state index in [0.29, 0.717) is 6.54 Å². The van der Waals surface area contributed by atoms with Crippen LogP contribution >= 0.6 is 0 Å². The second-order valence-electron chi connectivity index (χ2n) is 5.42. The molecule has 0 saturated carbocycles. The molecule has 2 aromatic rings. The quantitative estimate of drug-likeness (QED) is 0.759. The number of esters is 1. The molecular weight excluding hydrogens is 320 g/mol. The smallest absolute Gasteiger partial charge is 0.315 e. The number of nitrogens with one attached hydrogen (secondary N) is 2. The van der Waals surface area contributed by atoms with Crippen LogP contribution in [0, 0.1) is 0 Å². The number of ether oxygens (including phenoxy) is 2. The van der Waals surface area contributed by atoms with Crippen molar-refractivity contribution in [1.29, 1.82) is 0 Å². The zero-order valence-corrected chi connectivity index (χ0v) is 14.3. The van der Waals surface area contributed by atoms with E-state index in [0.717, 1.165) is 16.9 Å². The van der Waals surface area contributed by atoms with Crippen LogP contribution in [0.4, 0.5) is 4.79 Å². The van der Waals surface area contributed by atoms with Gasteiger partial charge in [-0.2, -0.15) is 0 Å². The molecule has 6 heteroatoms. The summed E-state index contributed by atoms with van der Waals surface area (Å²) >= 11 is 0. The number of methoxy groups -OCH3 is 2. The van der Waals surface area contributed by atoms with Gasteiger partial charge in [-0.15, -0.1) is 0 Å². The molecule has 6 nitrogen and oxygen atoms in total. The molecule has 0 heterocycles. The van der Waals surface area contributed by atoms with Crippen LogP contribution in [-0.4, -0.2) is 26.2 Å². The summed E-state index contributed by atoms with van der Waals surface area (Å²) in [6.07, 6.45) is 0.0626. The van der Waals surface area contributed by atoms with Gasteiger partial charge in [0.15, 0.2) is 0 Å². The molecule has 0 saturated heterocycles. The van der Waals surface area contributed by atoms with Crippen LogP contribution in [0.2, 0.25) is 0 Å². The first kappa shape index (κ1) is 18.3. The third-order valence-electron chi connectivity index (χ3n) is 3.69. The molecule has 0 aliphatic heterocycles. The van der Waals surface area contributed by atoms with E-state index in [2.05, 4.69) is 10.6 Å². The van der Waals surface area contributed by atoms with Gasteiger partial charge in [-0.25, -0.2) is 4.79 Å². The highest BCUT2D eigenvalue weighted by atomic mass is 16.5. The Hall–Kier alpha value is -3.02. The predicted octanol–water partition coefficient (Wildman–Crippen LogP) is 2.80. The second kappa shape index (κ2) is 9.32. The molecular formula is C19H22N2O4. The zero-order chi connectivity index (χ0) is 18.1. The van der Waals surface area contributed by atoms with E-state index < -0.39 is 6.04 Å². The maximum Gasteiger partial charge on any atom is 0.315 e. The minimum atomic E-state index is -0.459. The summed E-state index contributed by atoms with van der Waals surface area (Å²) in [7, 11) is 2.92. The molecule has 0 radical (unpaired) electrons. The van der Waals surface area contributed by atoms with Gasteiger partial charge >= 0.3 is 12.0 Å². The van der Waals surface area contributed by atoms with Crippen molar-refractivity contribution in [2.24, 2.45) is 0 Å². The van der Waals surface area contributed by atoms with E-state index in [-0.39, 0.29) is 18.4 Å². The van der Waals surface area contributed by atoms with Crippen LogP contribution in [0.3, 0.4) is 0 Å². The molecule has 2 N–H and O–H groups in total. The van der Waals surface area contributed by atoms with Gasteiger partial charge in [-0.05, 0) is 23.3 Å². The number of hydrogen-bond donors (Lipinski definition) is 2. The summed E-state index contributed by atoms with van der Waals surface area (Å²) in [4.78, 5) is 23.8. The van der Waals surface area contributed by atoms with Gasteiger partial charge in [0, 0.05) is 6.54 Å². The van der Waals surface area contributed by atoms with E-state index in [1.165, 1.54) is 7.11 Å². The Labute approximate surface area is 147 Å². The van der Waals surface area contributed by atoms with E-state index in [1.54, 1.807) is 7.11 Å². The van der Waals surface area contributed by atoms with Crippen LogP contribution in [0.25, 0.3) is 0 Å². The van der Waals surface area contributed by atoms with Crippen LogP contribution < -0.4 is 15.4 Å². The van der Waals surface area contributed by atoms with Crippen molar-refractivity contribution in [3.8, 4) is 5.75 Å². The van der Waals surface area contributed by atoms with Crippen LogP contribution in [0.1, 0.15) is 23.6 Å².